The van der Waals surface area contributed by atoms with Crippen LogP contribution in [0.1, 0.15) is 52.4 Å². The number of nitrogens with zero attached hydrogens (tertiary/aromatic N) is 6. The van der Waals surface area contributed by atoms with E-state index in [0.717, 1.165) is 49.7 Å². The lowest BCUT2D eigenvalue weighted by Gasteiger charge is -2.39. The molecule has 0 aliphatic heterocycles. The summed E-state index contributed by atoms with van der Waals surface area (Å²) in [6, 6.07) is 6.74. The third-order valence-corrected chi connectivity index (χ3v) is 8.68. The third kappa shape index (κ3) is 6.86. The summed E-state index contributed by atoms with van der Waals surface area (Å²) in [7, 11) is 1.86. The van der Waals surface area contributed by atoms with Gasteiger partial charge in [0.15, 0.2) is 14.4 Å². The smallest absolute Gasteiger partial charge is 0.185 e. The van der Waals surface area contributed by atoms with Crippen LogP contribution in [0.3, 0.4) is 0 Å². The molecule has 1 N–H and O–H groups in total. The Morgan fingerprint density at radius 2 is 1.92 bits per heavy atom. The summed E-state index contributed by atoms with van der Waals surface area (Å²) in [6.45, 7) is 4.18. The number of hydrogen-bond acceptors (Lipinski definition) is 11. The number of aromatic hydroxyl groups is 1. The molecular formula is C26H33FN6OS4. The van der Waals surface area contributed by atoms with Gasteiger partial charge >= 0.3 is 0 Å². The van der Waals surface area contributed by atoms with Crippen LogP contribution < -0.4 is 4.90 Å². The van der Waals surface area contributed by atoms with Gasteiger partial charge < -0.3 is 10.0 Å². The fourth-order valence-electron chi connectivity index (χ4n) is 5.17. The van der Waals surface area contributed by atoms with Gasteiger partial charge in [0.25, 0.3) is 0 Å². The molecular weight excluding hydrogens is 560 g/mol. The van der Waals surface area contributed by atoms with E-state index < -0.39 is 8.91 Å². The van der Waals surface area contributed by atoms with E-state index in [4.69, 9.17) is 0 Å². The first-order valence-electron chi connectivity index (χ1n) is 12.6. The normalized spacial score (nSPS) is 22.2. The molecule has 0 saturated heterocycles. The van der Waals surface area contributed by atoms with Crippen molar-refractivity contribution in [3.8, 4) is 28.3 Å². The van der Waals surface area contributed by atoms with Crippen molar-refractivity contribution < 1.29 is 9.50 Å². The van der Waals surface area contributed by atoms with Crippen LogP contribution in [0.15, 0.2) is 41.7 Å². The fourth-order valence-corrected chi connectivity index (χ4v) is 6.57. The lowest BCUT2D eigenvalue weighted by Crippen LogP contribution is -2.46. The van der Waals surface area contributed by atoms with Crippen molar-refractivity contribution in [1.82, 2.24) is 25.4 Å². The summed E-state index contributed by atoms with van der Waals surface area (Å²) in [5.74, 6) is 0.805. The van der Waals surface area contributed by atoms with Crippen molar-refractivity contribution in [2.24, 2.45) is 5.41 Å². The molecule has 204 valence electrons. The number of hydrogen-bond donors (Lipinski definition) is 4. The van der Waals surface area contributed by atoms with Crippen LogP contribution in [-0.2, 0) is 0 Å². The summed E-state index contributed by atoms with van der Waals surface area (Å²) in [5, 5.41) is 28.1. The van der Waals surface area contributed by atoms with Gasteiger partial charge in [-0.15, -0.1) is 53.2 Å². The maximum absolute atomic E-state index is 15.8. The number of rotatable bonds is 8. The molecule has 2 aromatic heterocycles. The Balaban J connectivity index is 1.53. The number of phenols is 1. The highest BCUT2D eigenvalue weighted by Gasteiger charge is 2.42. The van der Waals surface area contributed by atoms with E-state index >= 15 is 4.39 Å². The molecule has 1 aliphatic rings. The van der Waals surface area contributed by atoms with E-state index in [9.17, 15) is 5.11 Å². The minimum absolute atomic E-state index is 0.00581. The first kappa shape index (κ1) is 29.2. The summed E-state index contributed by atoms with van der Waals surface area (Å²) >= 11 is 14.1. The van der Waals surface area contributed by atoms with Crippen molar-refractivity contribution in [2.45, 2.75) is 72.4 Å². The average Bonchev–Trinajstić information content (AvgIpc) is 3.01. The Morgan fingerprint density at radius 3 is 2.58 bits per heavy atom. The Kier molecular flexibility index (Phi) is 9.37. The molecule has 3 atom stereocenters. The fraction of sp³-hybridized carbons (Fsp3) is 0.500. The quantitative estimate of drug-likeness (QED) is 0.0993. The van der Waals surface area contributed by atoms with Gasteiger partial charge in [-0.05, 0) is 43.0 Å². The molecule has 2 heterocycles. The van der Waals surface area contributed by atoms with Gasteiger partial charge in [0.05, 0.1) is 24.0 Å². The molecule has 0 amide bonds. The highest BCUT2D eigenvalue weighted by atomic mass is 32.3. The van der Waals surface area contributed by atoms with Crippen molar-refractivity contribution >= 4 is 55.5 Å². The van der Waals surface area contributed by atoms with Crippen molar-refractivity contribution in [3.63, 3.8) is 0 Å². The van der Waals surface area contributed by atoms with E-state index in [0.29, 0.717) is 16.4 Å². The predicted octanol–water partition coefficient (Wildman–Crippen LogP) is 6.72. The van der Waals surface area contributed by atoms with E-state index in [1.807, 2.05) is 24.1 Å². The van der Waals surface area contributed by atoms with Crippen molar-refractivity contribution in [1.29, 1.82) is 0 Å². The van der Waals surface area contributed by atoms with E-state index in [1.165, 1.54) is 11.8 Å². The molecule has 1 saturated carbocycles. The van der Waals surface area contributed by atoms with Crippen LogP contribution in [0.4, 0.5) is 10.2 Å². The van der Waals surface area contributed by atoms with Crippen LogP contribution in [-0.4, -0.2) is 52.5 Å². The zero-order valence-electron chi connectivity index (χ0n) is 21.6. The van der Waals surface area contributed by atoms with E-state index in [2.05, 4.69) is 77.1 Å². The number of benzene rings is 1. The third-order valence-electron chi connectivity index (χ3n) is 7.18. The summed E-state index contributed by atoms with van der Waals surface area (Å²) < 4.78 is 14.9. The largest absolute Gasteiger partial charge is 0.507 e. The maximum atomic E-state index is 15.8. The zero-order chi connectivity index (χ0) is 27.5. The molecule has 1 aliphatic carbocycles. The highest BCUT2D eigenvalue weighted by Crippen LogP contribution is 2.43. The molecule has 7 nitrogen and oxygen atoms in total. The molecule has 3 aromatic rings. The number of thioether (sulfide) groups is 1. The number of thiol groups is 3. The molecule has 0 spiro atoms. The van der Waals surface area contributed by atoms with E-state index in [-0.39, 0.29) is 23.0 Å². The van der Waals surface area contributed by atoms with Gasteiger partial charge in [0, 0.05) is 18.0 Å². The number of halogens is 1. The topological polar surface area (TPSA) is 87.9 Å². The number of alkyl halides is 1. The second-order valence-electron chi connectivity index (χ2n) is 10.1. The first-order valence-corrected chi connectivity index (χ1v) is 14.8. The Morgan fingerprint density at radius 1 is 1.13 bits per heavy atom. The summed E-state index contributed by atoms with van der Waals surface area (Å²) in [4.78, 5) is 6.33. The molecule has 4 rings (SSSR count). The van der Waals surface area contributed by atoms with Crippen molar-refractivity contribution in [2.75, 3.05) is 11.9 Å². The zero-order valence-corrected chi connectivity index (χ0v) is 25.1. The van der Waals surface area contributed by atoms with Gasteiger partial charge in [-0.3, -0.25) is 0 Å². The van der Waals surface area contributed by atoms with Gasteiger partial charge in [-0.1, -0.05) is 50.9 Å². The average molecular weight is 593 g/mol. The number of anilines is 1. The summed E-state index contributed by atoms with van der Waals surface area (Å²) in [6.07, 6.45) is 7.77. The van der Waals surface area contributed by atoms with Crippen LogP contribution >= 0.6 is 49.6 Å². The molecule has 1 aromatic carbocycles. The minimum Gasteiger partial charge on any atom is -0.507 e. The predicted molar refractivity (Wildman–Crippen MR) is 162 cm³/mol. The maximum Gasteiger partial charge on any atom is 0.185 e. The monoisotopic (exact) mass is 592 g/mol. The molecule has 12 heteroatoms. The molecule has 0 radical (unpaired) electrons. The highest BCUT2D eigenvalue weighted by molar-refractivity contribution is 8.36. The van der Waals surface area contributed by atoms with Crippen molar-refractivity contribution in [3.05, 3.63) is 36.7 Å². The Bertz CT molecular complexity index is 1250. The van der Waals surface area contributed by atoms with Crippen LogP contribution in [0.2, 0.25) is 0 Å². The molecule has 0 unspecified atom stereocenters. The lowest BCUT2D eigenvalue weighted by molar-refractivity contribution is 0.0868. The number of phenolic OH excluding ortho intramolecular Hbond substituents is 1. The molecule has 38 heavy (non-hydrogen) atoms. The van der Waals surface area contributed by atoms with Gasteiger partial charge in [0.2, 0.25) is 0 Å². The second-order valence-corrected chi connectivity index (χ2v) is 15.3. The van der Waals surface area contributed by atoms with Crippen LogP contribution in [0.25, 0.3) is 22.5 Å². The SMILES string of the molecule is CCC[C@]1(C)CCCC[C@H](N(C)c2cnc(-c3ccc(-c4cnnc(SC(S)(S)S)c4)cc3O)nn2)[C@@H]1F. The second kappa shape index (κ2) is 12.2. The Hall–Kier alpha value is -1.76. The van der Waals surface area contributed by atoms with Gasteiger partial charge in [-0.2, -0.15) is 5.10 Å². The van der Waals surface area contributed by atoms with Gasteiger partial charge in [0.1, 0.15) is 16.9 Å². The summed E-state index contributed by atoms with van der Waals surface area (Å²) in [5.41, 5.74) is 1.62. The Labute approximate surface area is 244 Å². The van der Waals surface area contributed by atoms with Crippen LogP contribution in [0.5, 0.6) is 5.75 Å². The standard InChI is InChI=1S/C26H33FN6OS4/c1-4-10-25(2)11-6-5-7-19(23(25)27)33(3)21-15-28-24(32-30-21)18-9-8-16(12-20(18)34)17-13-22(31-29-14-17)38-26(35,36)37/h8-9,12-15,19,23,34-37H,4-7,10-11H2,1-3H3/t19-,23-,25+/m0/s1. The van der Waals surface area contributed by atoms with Gasteiger partial charge in [-0.25, -0.2) is 9.37 Å². The van der Waals surface area contributed by atoms with Crippen LogP contribution in [0, 0.1) is 5.41 Å². The lowest BCUT2D eigenvalue weighted by atomic mass is 9.76. The number of aromatic nitrogens is 5. The molecule has 0 bridgehead atoms. The minimum atomic E-state index is -0.959. The molecule has 1 fully saturated rings. The van der Waals surface area contributed by atoms with E-state index in [1.54, 1.807) is 24.5 Å². The first-order chi connectivity index (χ1) is 18.0.